The SMILES string of the molecule is CS(=O)(=O)c1c(F)ccc(C2(N)CC2)c1F. The largest absolute Gasteiger partial charge is 0.321 e. The molecule has 2 rings (SSSR count). The van der Waals surface area contributed by atoms with Crippen LogP contribution < -0.4 is 5.73 Å². The Bertz CT molecular complexity index is 550. The summed E-state index contributed by atoms with van der Waals surface area (Å²) in [4.78, 5) is -0.887. The molecule has 0 heterocycles. The van der Waals surface area contributed by atoms with Gasteiger partial charge < -0.3 is 5.73 Å². The van der Waals surface area contributed by atoms with Crippen molar-refractivity contribution in [1.29, 1.82) is 0 Å². The lowest BCUT2D eigenvalue weighted by Gasteiger charge is -2.13. The molecule has 0 aliphatic heterocycles. The fourth-order valence-corrected chi connectivity index (χ4v) is 2.52. The van der Waals surface area contributed by atoms with Gasteiger partial charge in [-0.1, -0.05) is 6.07 Å². The van der Waals surface area contributed by atoms with E-state index in [0.717, 1.165) is 12.3 Å². The van der Waals surface area contributed by atoms with E-state index in [1.165, 1.54) is 6.07 Å². The quantitative estimate of drug-likeness (QED) is 0.857. The predicted molar refractivity (Wildman–Crippen MR) is 54.6 cm³/mol. The minimum Gasteiger partial charge on any atom is -0.321 e. The van der Waals surface area contributed by atoms with Gasteiger partial charge in [0.05, 0.1) is 0 Å². The minimum absolute atomic E-state index is 0.0781. The molecule has 88 valence electrons. The minimum atomic E-state index is -3.92. The van der Waals surface area contributed by atoms with Gasteiger partial charge in [-0.2, -0.15) is 0 Å². The summed E-state index contributed by atoms with van der Waals surface area (Å²) in [6, 6.07) is 2.16. The van der Waals surface area contributed by atoms with Gasteiger partial charge in [0.1, 0.15) is 16.5 Å². The second-order valence-electron chi connectivity index (χ2n) is 4.17. The fourth-order valence-electron chi connectivity index (χ4n) is 1.66. The first-order valence-corrected chi connectivity index (χ1v) is 6.62. The lowest BCUT2D eigenvalue weighted by molar-refractivity contribution is 0.501. The molecule has 1 aliphatic carbocycles. The normalized spacial score (nSPS) is 18.5. The van der Waals surface area contributed by atoms with E-state index >= 15 is 0 Å². The van der Waals surface area contributed by atoms with E-state index in [1.54, 1.807) is 0 Å². The van der Waals surface area contributed by atoms with Crippen molar-refractivity contribution in [3.8, 4) is 0 Å². The van der Waals surface area contributed by atoms with E-state index < -0.39 is 31.9 Å². The van der Waals surface area contributed by atoms with Gasteiger partial charge >= 0.3 is 0 Å². The van der Waals surface area contributed by atoms with Crippen LogP contribution in [-0.4, -0.2) is 14.7 Å². The van der Waals surface area contributed by atoms with Gasteiger partial charge in [0.15, 0.2) is 9.84 Å². The molecule has 0 atom stereocenters. The van der Waals surface area contributed by atoms with Crippen LogP contribution in [0.25, 0.3) is 0 Å². The van der Waals surface area contributed by atoms with E-state index in [1.807, 2.05) is 0 Å². The van der Waals surface area contributed by atoms with Gasteiger partial charge in [-0.3, -0.25) is 0 Å². The number of hydrogen-bond acceptors (Lipinski definition) is 3. The highest BCUT2D eigenvalue weighted by atomic mass is 32.2. The van der Waals surface area contributed by atoms with Crippen molar-refractivity contribution in [2.45, 2.75) is 23.3 Å². The van der Waals surface area contributed by atoms with Crippen LogP contribution in [0.15, 0.2) is 17.0 Å². The third-order valence-corrected chi connectivity index (χ3v) is 3.86. The summed E-state index contributed by atoms with van der Waals surface area (Å²) in [5, 5.41) is 0. The van der Waals surface area contributed by atoms with Crippen LogP contribution in [0, 0.1) is 11.6 Å². The van der Waals surface area contributed by atoms with E-state index in [9.17, 15) is 17.2 Å². The van der Waals surface area contributed by atoms with Crippen LogP contribution in [0.1, 0.15) is 18.4 Å². The molecule has 1 aliphatic rings. The van der Waals surface area contributed by atoms with E-state index in [4.69, 9.17) is 5.73 Å². The monoisotopic (exact) mass is 247 g/mol. The maximum Gasteiger partial charge on any atom is 0.181 e. The Morgan fingerprint density at radius 3 is 2.31 bits per heavy atom. The van der Waals surface area contributed by atoms with Crippen molar-refractivity contribution in [3.05, 3.63) is 29.3 Å². The molecule has 6 heteroatoms. The van der Waals surface area contributed by atoms with Gasteiger partial charge in [-0.25, -0.2) is 17.2 Å². The fraction of sp³-hybridized carbons (Fsp3) is 0.400. The molecule has 3 nitrogen and oxygen atoms in total. The van der Waals surface area contributed by atoms with Crippen LogP contribution in [0.4, 0.5) is 8.78 Å². The van der Waals surface area contributed by atoms with Gasteiger partial charge in [0.25, 0.3) is 0 Å². The van der Waals surface area contributed by atoms with E-state index in [-0.39, 0.29) is 5.56 Å². The molecule has 0 bridgehead atoms. The van der Waals surface area contributed by atoms with Gasteiger partial charge in [0, 0.05) is 17.4 Å². The Hall–Kier alpha value is -1.01. The Morgan fingerprint density at radius 2 is 1.88 bits per heavy atom. The number of halogens is 2. The first kappa shape index (κ1) is 11.5. The summed E-state index contributed by atoms with van der Waals surface area (Å²) < 4.78 is 49.6. The zero-order chi connectivity index (χ0) is 12.1. The van der Waals surface area contributed by atoms with Crippen LogP contribution in [-0.2, 0) is 15.4 Å². The second-order valence-corrected chi connectivity index (χ2v) is 6.12. The molecule has 1 fully saturated rings. The molecule has 1 aromatic carbocycles. The highest BCUT2D eigenvalue weighted by Crippen LogP contribution is 2.44. The number of rotatable bonds is 2. The Morgan fingerprint density at radius 1 is 1.31 bits per heavy atom. The molecule has 0 radical (unpaired) electrons. The summed E-state index contributed by atoms with van der Waals surface area (Å²) >= 11 is 0. The Labute approximate surface area is 92.2 Å². The molecule has 16 heavy (non-hydrogen) atoms. The van der Waals surface area contributed by atoms with E-state index in [0.29, 0.717) is 12.8 Å². The highest BCUT2D eigenvalue weighted by molar-refractivity contribution is 7.90. The van der Waals surface area contributed by atoms with Crippen molar-refractivity contribution in [2.24, 2.45) is 5.73 Å². The van der Waals surface area contributed by atoms with Crippen LogP contribution in [0.3, 0.4) is 0 Å². The third-order valence-electron chi connectivity index (χ3n) is 2.74. The third kappa shape index (κ3) is 1.72. The average molecular weight is 247 g/mol. The lowest BCUT2D eigenvalue weighted by Crippen LogP contribution is -2.22. The number of sulfone groups is 1. The number of hydrogen-bond donors (Lipinski definition) is 1. The second kappa shape index (κ2) is 3.24. The van der Waals surface area contributed by atoms with Crippen molar-refractivity contribution in [3.63, 3.8) is 0 Å². The van der Waals surface area contributed by atoms with Crippen molar-refractivity contribution in [2.75, 3.05) is 6.26 Å². The topological polar surface area (TPSA) is 60.2 Å². The van der Waals surface area contributed by atoms with Gasteiger partial charge in [0.2, 0.25) is 0 Å². The van der Waals surface area contributed by atoms with Crippen LogP contribution in [0.2, 0.25) is 0 Å². The zero-order valence-electron chi connectivity index (χ0n) is 8.63. The van der Waals surface area contributed by atoms with Crippen molar-refractivity contribution >= 4 is 9.84 Å². The Balaban J connectivity index is 2.70. The van der Waals surface area contributed by atoms with Gasteiger partial charge in [-0.05, 0) is 18.9 Å². The molecule has 2 N–H and O–H groups in total. The van der Waals surface area contributed by atoms with Crippen molar-refractivity contribution < 1.29 is 17.2 Å². The molecule has 1 saturated carbocycles. The summed E-state index contributed by atoms with van der Waals surface area (Å²) in [7, 11) is -3.92. The first-order valence-electron chi connectivity index (χ1n) is 4.73. The maximum atomic E-state index is 13.9. The molecular formula is C10H11F2NO2S. The van der Waals surface area contributed by atoms with Gasteiger partial charge in [-0.15, -0.1) is 0 Å². The Kier molecular flexibility index (Phi) is 2.32. The molecule has 0 aromatic heterocycles. The summed E-state index contributed by atoms with van der Waals surface area (Å²) in [6.07, 6.45) is 1.94. The molecular weight excluding hydrogens is 236 g/mol. The maximum absolute atomic E-state index is 13.9. The predicted octanol–water partition coefficient (Wildman–Crippen LogP) is 1.32. The first-order chi connectivity index (χ1) is 7.26. The molecule has 0 amide bonds. The summed E-state index contributed by atoms with van der Waals surface area (Å²) in [6.45, 7) is 0. The summed E-state index contributed by atoms with van der Waals surface area (Å²) in [5.41, 5.74) is 5.03. The molecule has 0 saturated heterocycles. The standard InChI is InChI=1S/C10H11F2NO2S/c1-16(14,15)9-7(11)3-2-6(8(9)12)10(13)4-5-10/h2-3H,4-5,13H2,1H3. The highest BCUT2D eigenvalue weighted by Gasteiger charge is 2.43. The molecule has 0 unspecified atom stereocenters. The molecule has 1 aromatic rings. The van der Waals surface area contributed by atoms with Crippen molar-refractivity contribution in [1.82, 2.24) is 0 Å². The molecule has 0 spiro atoms. The smallest absolute Gasteiger partial charge is 0.181 e. The number of benzene rings is 1. The lowest BCUT2D eigenvalue weighted by atomic mass is 10.1. The average Bonchev–Trinajstić information content (AvgIpc) is 2.81. The summed E-state index contributed by atoms with van der Waals surface area (Å²) in [5.74, 6) is -2.13. The van der Waals surface area contributed by atoms with Crippen LogP contribution >= 0.6 is 0 Å². The van der Waals surface area contributed by atoms with Crippen LogP contribution in [0.5, 0.6) is 0 Å². The van der Waals surface area contributed by atoms with E-state index in [2.05, 4.69) is 0 Å². The number of nitrogens with two attached hydrogens (primary N) is 1. The zero-order valence-corrected chi connectivity index (χ0v) is 9.44.